The molecule has 0 heterocycles. The monoisotopic (exact) mass is 613 g/mol. The van der Waals surface area contributed by atoms with Crippen molar-refractivity contribution in [3.8, 4) is 0 Å². The summed E-state index contributed by atoms with van der Waals surface area (Å²) in [5.41, 5.74) is 3.17. The predicted molar refractivity (Wildman–Crippen MR) is 159 cm³/mol. The number of carbonyl (C=O) groups excluding carboxylic acids is 2. The van der Waals surface area contributed by atoms with Gasteiger partial charge in [-0.15, -0.1) is 0 Å². The molecule has 0 fully saturated rings. The molecular formula is C30H36BrN3O4S. The van der Waals surface area contributed by atoms with E-state index in [2.05, 4.69) is 35.1 Å². The number of rotatable bonds is 11. The van der Waals surface area contributed by atoms with Crippen LogP contribution < -0.4 is 9.62 Å². The Morgan fingerprint density at radius 2 is 1.49 bits per heavy atom. The minimum absolute atomic E-state index is 0.0880. The van der Waals surface area contributed by atoms with Crippen molar-refractivity contribution in [2.75, 3.05) is 17.4 Å². The topological polar surface area (TPSA) is 86.8 Å². The molecule has 2 amide bonds. The van der Waals surface area contributed by atoms with Crippen LogP contribution in [0.2, 0.25) is 0 Å². The summed E-state index contributed by atoms with van der Waals surface area (Å²) in [4.78, 5) is 28.2. The molecule has 0 aliphatic rings. The van der Waals surface area contributed by atoms with Gasteiger partial charge in [0.2, 0.25) is 11.8 Å². The SMILES string of the molecule is CCNC(=O)[C@H](C)N(Cc1ccc(Br)cc1)C(=O)CN(c1ccc(C(C)C)cc1)S(=O)(=O)c1ccc(C)cc1. The minimum atomic E-state index is -4.09. The number of carbonyl (C=O) groups is 2. The van der Waals surface area contributed by atoms with Crippen LogP contribution in [0.4, 0.5) is 5.69 Å². The average Bonchev–Trinajstić information content (AvgIpc) is 2.91. The molecule has 0 radical (unpaired) electrons. The van der Waals surface area contributed by atoms with Crippen LogP contribution in [0, 0.1) is 6.92 Å². The molecule has 1 N–H and O–H groups in total. The molecule has 3 aromatic carbocycles. The van der Waals surface area contributed by atoms with Crippen molar-refractivity contribution in [3.05, 3.63) is 94.0 Å². The summed E-state index contributed by atoms with van der Waals surface area (Å²) in [6.45, 7) is 9.56. The molecule has 0 saturated heterocycles. The zero-order valence-corrected chi connectivity index (χ0v) is 25.4. The number of nitrogens with one attached hydrogen (secondary N) is 1. The van der Waals surface area contributed by atoms with Gasteiger partial charge in [0.1, 0.15) is 12.6 Å². The van der Waals surface area contributed by atoms with E-state index in [9.17, 15) is 18.0 Å². The van der Waals surface area contributed by atoms with Crippen LogP contribution in [0.3, 0.4) is 0 Å². The van der Waals surface area contributed by atoms with E-state index >= 15 is 0 Å². The average molecular weight is 615 g/mol. The van der Waals surface area contributed by atoms with Crippen molar-refractivity contribution in [3.63, 3.8) is 0 Å². The molecule has 0 spiro atoms. The summed E-state index contributed by atoms with van der Waals surface area (Å²) in [6.07, 6.45) is 0. The molecule has 9 heteroatoms. The maximum Gasteiger partial charge on any atom is 0.264 e. The first-order valence-electron chi connectivity index (χ1n) is 12.9. The summed E-state index contributed by atoms with van der Waals surface area (Å²) >= 11 is 3.42. The molecule has 3 rings (SSSR count). The van der Waals surface area contributed by atoms with Crippen molar-refractivity contribution in [2.24, 2.45) is 0 Å². The van der Waals surface area contributed by atoms with Crippen molar-refractivity contribution in [2.45, 2.75) is 58.0 Å². The molecule has 208 valence electrons. The molecule has 0 aliphatic heterocycles. The fourth-order valence-electron chi connectivity index (χ4n) is 4.08. The van der Waals surface area contributed by atoms with E-state index in [4.69, 9.17) is 0 Å². The maximum absolute atomic E-state index is 13.9. The molecule has 39 heavy (non-hydrogen) atoms. The Morgan fingerprint density at radius 1 is 0.897 bits per heavy atom. The van der Waals surface area contributed by atoms with Crippen LogP contribution in [0.25, 0.3) is 0 Å². The quantitative estimate of drug-likeness (QED) is 0.304. The second-order valence-corrected chi connectivity index (χ2v) is 12.6. The molecule has 7 nitrogen and oxygen atoms in total. The van der Waals surface area contributed by atoms with E-state index in [1.807, 2.05) is 50.2 Å². The van der Waals surface area contributed by atoms with Gasteiger partial charge < -0.3 is 10.2 Å². The fraction of sp³-hybridized carbons (Fsp3) is 0.333. The largest absolute Gasteiger partial charge is 0.355 e. The van der Waals surface area contributed by atoms with Gasteiger partial charge in [0.15, 0.2) is 0 Å². The van der Waals surface area contributed by atoms with E-state index in [1.54, 1.807) is 43.3 Å². The smallest absolute Gasteiger partial charge is 0.264 e. The molecule has 1 atom stereocenters. The molecule has 3 aromatic rings. The lowest BCUT2D eigenvalue weighted by molar-refractivity contribution is -0.139. The van der Waals surface area contributed by atoms with E-state index in [-0.39, 0.29) is 23.3 Å². The summed E-state index contributed by atoms with van der Waals surface area (Å²) in [5.74, 6) is -0.528. The number of halogens is 1. The Kier molecular flexibility index (Phi) is 10.3. The molecule has 0 aromatic heterocycles. The normalized spacial score (nSPS) is 12.2. The Labute approximate surface area is 240 Å². The number of aryl methyl sites for hydroxylation is 1. The van der Waals surface area contributed by atoms with Crippen LogP contribution in [0.15, 0.2) is 82.2 Å². The van der Waals surface area contributed by atoms with Crippen molar-refractivity contribution < 1.29 is 18.0 Å². The summed E-state index contributed by atoms with van der Waals surface area (Å²) in [5, 5.41) is 2.77. The van der Waals surface area contributed by atoms with Crippen LogP contribution in [0.1, 0.15) is 50.3 Å². The lowest BCUT2D eigenvalue weighted by Crippen LogP contribution is -2.51. The van der Waals surface area contributed by atoms with Crippen LogP contribution >= 0.6 is 15.9 Å². The van der Waals surface area contributed by atoms with Crippen LogP contribution in [0.5, 0.6) is 0 Å². The lowest BCUT2D eigenvalue weighted by Gasteiger charge is -2.32. The zero-order valence-electron chi connectivity index (χ0n) is 23.0. The third-order valence-electron chi connectivity index (χ3n) is 6.52. The second-order valence-electron chi connectivity index (χ2n) is 9.79. The lowest BCUT2D eigenvalue weighted by atomic mass is 10.0. The number of anilines is 1. The number of hydrogen-bond acceptors (Lipinski definition) is 4. The summed E-state index contributed by atoms with van der Waals surface area (Å²) in [7, 11) is -4.09. The highest BCUT2D eigenvalue weighted by atomic mass is 79.9. The number of hydrogen-bond donors (Lipinski definition) is 1. The summed E-state index contributed by atoms with van der Waals surface area (Å²) in [6, 6.07) is 20.4. The maximum atomic E-state index is 13.9. The Balaban J connectivity index is 2.03. The second kappa shape index (κ2) is 13.3. The van der Waals surface area contributed by atoms with Gasteiger partial charge >= 0.3 is 0 Å². The van der Waals surface area contributed by atoms with E-state index in [0.29, 0.717) is 12.2 Å². The van der Waals surface area contributed by atoms with Crippen molar-refractivity contribution in [1.82, 2.24) is 10.2 Å². The third-order valence-corrected chi connectivity index (χ3v) is 8.84. The van der Waals surface area contributed by atoms with Gasteiger partial charge in [0.05, 0.1) is 10.6 Å². The van der Waals surface area contributed by atoms with Gasteiger partial charge in [-0.05, 0) is 74.2 Å². The number of benzene rings is 3. The Bertz CT molecular complexity index is 1370. The number of nitrogens with zero attached hydrogens (tertiary/aromatic N) is 2. The molecule has 0 unspecified atom stereocenters. The first kappa shape index (κ1) is 30.4. The first-order valence-corrected chi connectivity index (χ1v) is 15.2. The van der Waals surface area contributed by atoms with Gasteiger partial charge in [-0.2, -0.15) is 0 Å². The highest BCUT2D eigenvalue weighted by Gasteiger charge is 2.32. The van der Waals surface area contributed by atoms with Crippen molar-refractivity contribution >= 4 is 43.5 Å². The van der Waals surface area contributed by atoms with Crippen LogP contribution in [-0.4, -0.2) is 44.3 Å². The third kappa shape index (κ3) is 7.70. The standard InChI is InChI=1S/C30H36BrN3O4S/c1-6-32-30(36)23(5)33(19-24-9-13-26(31)14-10-24)29(35)20-34(27-15-11-25(12-16-27)21(2)3)39(37,38)28-17-7-22(4)8-18-28/h7-18,21,23H,6,19-20H2,1-5H3,(H,32,36)/t23-/m0/s1. The predicted octanol–water partition coefficient (Wildman–Crippen LogP) is 5.63. The first-order chi connectivity index (χ1) is 18.4. The van der Waals surface area contributed by atoms with Gasteiger partial charge in [0, 0.05) is 17.6 Å². The number of amides is 2. The van der Waals surface area contributed by atoms with E-state index in [1.165, 1.54) is 4.90 Å². The highest BCUT2D eigenvalue weighted by Crippen LogP contribution is 2.27. The summed E-state index contributed by atoms with van der Waals surface area (Å²) < 4.78 is 29.8. The van der Waals surface area contributed by atoms with Crippen molar-refractivity contribution in [1.29, 1.82) is 0 Å². The van der Waals surface area contributed by atoms with Crippen LogP contribution in [-0.2, 0) is 26.2 Å². The molecule has 0 saturated carbocycles. The van der Waals surface area contributed by atoms with Gasteiger partial charge in [0.25, 0.3) is 10.0 Å². The van der Waals surface area contributed by atoms with Gasteiger partial charge in [-0.3, -0.25) is 13.9 Å². The highest BCUT2D eigenvalue weighted by molar-refractivity contribution is 9.10. The van der Waals surface area contributed by atoms with Gasteiger partial charge in [-0.25, -0.2) is 8.42 Å². The minimum Gasteiger partial charge on any atom is -0.355 e. The van der Waals surface area contributed by atoms with E-state index < -0.39 is 28.5 Å². The molecule has 0 bridgehead atoms. The molecule has 0 aliphatic carbocycles. The number of likely N-dealkylation sites (N-methyl/N-ethyl adjacent to an activating group) is 1. The van der Waals surface area contributed by atoms with E-state index in [0.717, 1.165) is 25.5 Å². The Morgan fingerprint density at radius 3 is 2.03 bits per heavy atom. The molecular weight excluding hydrogens is 578 g/mol. The fourth-order valence-corrected chi connectivity index (χ4v) is 5.76. The Hall–Kier alpha value is -3.17. The van der Waals surface area contributed by atoms with Gasteiger partial charge in [-0.1, -0.05) is 71.7 Å². The number of sulfonamides is 1. The zero-order chi connectivity index (χ0) is 28.7.